The van der Waals surface area contributed by atoms with Gasteiger partial charge in [-0.15, -0.1) is 0 Å². The summed E-state index contributed by atoms with van der Waals surface area (Å²) in [5, 5.41) is 2.94. The lowest BCUT2D eigenvalue weighted by atomic mass is 9.98. The third-order valence-electron chi connectivity index (χ3n) is 5.70. The van der Waals surface area contributed by atoms with Gasteiger partial charge >= 0.3 is 6.09 Å². The van der Waals surface area contributed by atoms with Gasteiger partial charge in [0.05, 0.1) is 12.7 Å². The summed E-state index contributed by atoms with van der Waals surface area (Å²) in [6.07, 6.45) is 1.53. The summed E-state index contributed by atoms with van der Waals surface area (Å²) in [5.74, 6) is 1.66. The standard InChI is InChI=1S/C27H36N2O4/c1-19(2)17-28-26(30)24-7-5-22(6-8-24)23-9-11-25(12-10-23)32-18-21-13-15-29(16-14-21)27(31)33-20(3)4/h5-12,19-21H,13-18H2,1-4H3,(H,28,30). The summed E-state index contributed by atoms with van der Waals surface area (Å²) >= 11 is 0. The van der Waals surface area contributed by atoms with Crippen LogP contribution in [0.3, 0.4) is 0 Å². The first kappa shape index (κ1) is 24.6. The largest absolute Gasteiger partial charge is 0.493 e. The summed E-state index contributed by atoms with van der Waals surface area (Å²) in [6, 6.07) is 15.7. The Kier molecular flexibility index (Phi) is 8.75. The lowest BCUT2D eigenvalue weighted by Gasteiger charge is -2.31. The molecule has 0 radical (unpaired) electrons. The SMILES string of the molecule is CC(C)CNC(=O)c1ccc(-c2ccc(OCC3CCN(C(=O)OC(C)C)CC3)cc2)cc1. The average molecular weight is 453 g/mol. The third kappa shape index (κ3) is 7.52. The van der Waals surface area contributed by atoms with Crippen LogP contribution < -0.4 is 10.1 Å². The topological polar surface area (TPSA) is 67.9 Å². The van der Waals surface area contributed by atoms with E-state index in [9.17, 15) is 9.59 Å². The average Bonchev–Trinajstić information content (AvgIpc) is 2.81. The van der Waals surface area contributed by atoms with Gasteiger partial charge in [-0.3, -0.25) is 4.79 Å². The van der Waals surface area contributed by atoms with Crippen molar-refractivity contribution >= 4 is 12.0 Å². The van der Waals surface area contributed by atoms with Gasteiger partial charge in [-0.25, -0.2) is 4.79 Å². The highest BCUT2D eigenvalue weighted by Gasteiger charge is 2.24. The molecule has 0 aromatic heterocycles. The maximum atomic E-state index is 12.2. The van der Waals surface area contributed by atoms with Crippen molar-refractivity contribution in [2.75, 3.05) is 26.2 Å². The first-order chi connectivity index (χ1) is 15.8. The van der Waals surface area contributed by atoms with Crippen LogP contribution in [0.1, 0.15) is 50.9 Å². The quantitative estimate of drug-likeness (QED) is 0.584. The first-order valence-corrected chi connectivity index (χ1v) is 11.9. The molecule has 1 aliphatic rings. The summed E-state index contributed by atoms with van der Waals surface area (Å²) in [4.78, 5) is 26.0. The van der Waals surface area contributed by atoms with Crippen LogP contribution in [0.2, 0.25) is 0 Å². The molecule has 3 rings (SSSR count). The number of hydrogen-bond acceptors (Lipinski definition) is 4. The zero-order valence-corrected chi connectivity index (χ0v) is 20.2. The van der Waals surface area contributed by atoms with Gasteiger partial charge in [-0.1, -0.05) is 38.1 Å². The second-order valence-corrected chi connectivity index (χ2v) is 9.38. The van der Waals surface area contributed by atoms with E-state index < -0.39 is 0 Å². The Morgan fingerprint density at radius 1 is 0.939 bits per heavy atom. The molecule has 1 fully saturated rings. The predicted octanol–water partition coefficient (Wildman–Crippen LogP) is 5.38. The minimum absolute atomic E-state index is 0.0401. The number of nitrogens with one attached hydrogen (secondary N) is 1. The number of carbonyl (C=O) groups is 2. The molecule has 0 unspecified atom stereocenters. The van der Waals surface area contributed by atoms with Crippen LogP contribution in [0.15, 0.2) is 48.5 Å². The highest BCUT2D eigenvalue weighted by Crippen LogP contribution is 2.24. The number of hydrogen-bond donors (Lipinski definition) is 1. The molecular formula is C27H36N2O4. The molecule has 0 atom stereocenters. The van der Waals surface area contributed by atoms with Gasteiger partial charge in [0.2, 0.25) is 0 Å². The Morgan fingerprint density at radius 2 is 1.52 bits per heavy atom. The Labute approximate surface area is 197 Å². The number of nitrogens with zero attached hydrogens (tertiary/aromatic N) is 1. The van der Waals surface area contributed by atoms with Crippen molar-refractivity contribution in [3.05, 3.63) is 54.1 Å². The molecule has 0 bridgehead atoms. The van der Waals surface area contributed by atoms with Gasteiger partial charge in [0, 0.05) is 25.2 Å². The van der Waals surface area contributed by atoms with Crippen molar-refractivity contribution in [3.63, 3.8) is 0 Å². The molecule has 33 heavy (non-hydrogen) atoms. The number of benzene rings is 2. The highest BCUT2D eigenvalue weighted by molar-refractivity contribution is 5.94. The molecule has 1 heterocycles. The monoisotopic (exact) mass is 452 g/mol. The van der Waals surface area contributed by atoms with Crippen molar-refractivity contribution in [2.45, 2.75) is 46.6 Å². The molecule has 6 nitrogen and oxygen atoms in total. The van der Waals surface area contributed by atoms with E-state index in [1.54, 1.807) is 4.90 Å². The molecule has 0 aliphatic carbocycles. The van der Waals surface area contributed by atoms with Gasteiger partial charge in [0.15, 0.2) is 0 Å². The number of carbonyl (C=O) groups excluding carboxylic acids is 2. The van der Waals surface area contributed by atoms with Crippen molar-refractivity contribution in [1.29, 1.82) is 0 Å². The molecule has 6 heteroatoms. The van der Waals surface area contributed by atoms with Crippen molar-refractivity contribution < 1.29 is 19.1 Å². The van der Waals surface area contributed by atoms with Crippen molar-refractivity contribution in [2.24, 2.45) is 11.8 Å². The van der Waals surface area contributed by atoms with Crippen LogP contribution in [0.5, 0.6) is 5.75 Å². The minimum Gasteiger partial charge on any atom is -0.493 e. The van der Waals surface area contributed by atoms with Crippen LogP contribution in [0.25, 0.3) is 11.1 Å². The van der Waals surface area contributed by atoms with E-state index in [1.165, 1.54) is 0 Å². The molecule has 2 aromatic carbocycles. The van der Waals surface area contributed by atoms with Crippen LogP contribution in [0, 0.1) is 11.8 Å². The molecule has 178 valence electrons. The second kappa shape index (κ2) is 11.7. The molecule has 1 saturated heterocycles. The van der Waals surface area contributed by atoms with Gasteiger partial charge < -0.3 is 19.7 Å². The van der Waals surface area contributed by atoms with Gasteiger partial charge in [0.1, 0.15) is 5.75 Å². The fourth-order valence-corrected chi connectivity index (χ4v) is 3.73. The van der Waals surface area contributed by atoms with E-state index in [0.29, 0.717) is 43.6 Å². The number of piperidine rings is 1. The molecule has 1 aliphatic heterocycles. The molecule has 1 N–H and O–H groups in total. The van der Waals surface area contributed by atoms with E-state index >= 15 is 0 Å². The first-order valence-electron chi connectivity index (χ1n) is 11.9. The lowest BCUT2D eigenvalue weighted by Crippen LogP contribution is -2.40. The fourth-order valence-electron chi connectivity index (χ4n) is 3.73. The number of rotatable bonds is 8. The Bertz CT molecular complexity index is 899. The van der Waals surface area contributed by atoms with E-state index in [1.807, 2.05) is 62.4 Å². The fraction of sp³-hybridized carbons (Fsp3) is 0.481. The van der Waals surface area contributed by atoms with Crippen LogP contribution in [-0.2, 0) is 4.74 Å². The second-order valence-electron chi connectivity index (χ2n) is 9.38. The van der Waals surface area contributed by atoms with E-state index in [0.717, 1.165) is 29.7 Å². The Morgan fingerprint density at radius 3 is 2.06 bits per heavy atom. The van der Waals surface area contributed by atoms with Gasteiger partial charge in [-0.05, 0) is 73.9 Å². The zero-order chi connectivity index (χ0) is 23.8. The number of likely N-dealkylation sites (tertiary alicyclic amines) is 1. The Hall–Kier alpha value is -3.02. The molecule has 0 spiro atoms. The molecule has 2 aromatic rings. The minimum atomic E-state index is -0.218. The number of amides is 2. The summed E-state index contributed by atoms with van der Waals surface area (Å²) in [5.41, 5.74) is 2.80. The predicted molar refractivity (Wildman–Crippen MR) is 130 cm³/mol. The van der Waals surface area contributed by atoms with Crippen LogP contribution in [-0.4, -0.2) is 49.2 Å². The van der Waals surface area contributed by atoms with Crippen LogP contribution in [0.4, 0.5) is 4.79 Å². The third-order valence-corrected chi connectivity index (χ3v) is 5.70. The molecule has 2 amide bonds. The summed E-state index contributed by atoms with van der Waals surface area (Å²) < 4.78 is 11.3. The smallest absolute Gasteiger partial charge is 0.410 e. The van der Waals surface area contributed by atoms with Gasteiger partial charge in [-0.2, -0.15) is 0 Å². The van der Waals surface area contributed by atoms with Crippen molar-refractivity contribution in [3.8, 4) is 16.9 Å². The lowest BCUT2D eigenvalue weighted by molar-refractivity contribution is 0.0608. The van der Waals surface area contributed by atoms with Crippen molar-refractivity contribution in [1.82, 2.24) is 10.2 Å². The molecular weight excluding hydrogens is 416 g/mol. The van der Waals surface area contributed by atoms with E-state index in [2.05, 4.69) is 19.2 Å². The van der Waals surface area contributed by atoms with Gasteiger partial charge in [0.25, 0.3) is 5.91 Å². The normalized spacial score (nSPS) is 14.4. The van der Waals surface area contributed by atoms with E-state index in [-0.39, 0.29) is 18.1 Å². The maximum absolute atomic E-state index is 12.2. The molecule has 0 saturated carbocycles. The van der Waals surface area contributed by atoms with E-state index in [4.69, 9.17) is 9.47 Å². The van der Waals surface area contributed by atoms with Crippen LogP contribution >= 0.6 is 0 Å². The maximum Gasteiger partial charge on any atom is 0.410 e. The highest BCUT2D eigenvalue weighted by atomic mass is 16.6. The summed E-state index contributed by atoms with van der Waals surface area (Å²) in [7, 11) is 0. The zero-order valence-electron chi connectivity index (χ0n) is 20.2. The Balaban J connectivity index is 1.46. The number of ether oxygens (including phenoxy) is 2. The summed E-state index contributed by atoms with van der Waals surface area (Å²) in [6.45, 7) is 10.6.